The summed E-state index contributed by atoms with van der Waals surface area (Å²) in [6.07, 6.45) is 0.333. The van der Waals surface area contributed by atoms with Gasteiger partial charge in [-0.25, -0.2) is 4.68 Å². The zero-order chi connectivity index (χ0) is 26.7. The van der Waals surface area contributed by atoms with Gasteiger partial charge in [-0.05, 0) is 79.3 Å². The van der Waals surface area contributed by atoms with Crippen molar-refractivity contribution in [2.75, 3.05) is 6.54 Å². The van der Waals surface area contributed by atoms with Crippen LogP contribution in [0.3, 0.4) is 0 Å². The fourth-order valence-electron chi connectivity index (χ4n) is 5.08. The van der Waals surface area contributed by atoms with Gasteiger partial charge in [0.1, 0.15) is 0 Å². The summed E-state index contributed by atoms with van der Waals surface area (Å²) >= 11 is 0. The van der Waals surface area contributed by atoms with Crippen LogP contribution in [0.15, 0.2) is 91.3 Å². The van der Waals surface area contributed by atoms with Gasteiger partial charge in [-0.3, -0.25) is 9.69 Å². The molecule has 0 saturated carbocycles. The number of halogens is 3. The molecule has 1 N–H and O–H groups in total. The lowest BCUT2D eigenvalue weighted by Crippen LogP contribution is -2.40. The molecule has 0 bridgehead atoms. The number of hydrogen-bond donors (Lipinski definition) is 1. The number of carbonyl (C=O) groups is 1. The first-order valence-corrected chi connectivity index (χ1v) is 12.1. The number of aromatic nitrogens is 2. The molecule has 4 rings (SSSR count). The first kappa shape index (κ1) is 26.4. The smallest absolute Gasteiger partial charge is 0.416 e. The SMILES string of the molecule is C=C(C)C(=C)[C@H](c1ccc(-n2cccn2)cc1)N1CC[C@@H](CC(=O)O)C[C@H]1c1ccc(C(F)(F)F)cc1. The minimum atomic E-state index is -4.43. The van der Waals surface area contributed by atoms with Gasteiger partial charge in [0.25, 0.3) is 0 Å². The van der Waals surface area contributed by atoms with Gasteiger partial charge in [0.15, 0.2) is 0 Å². The van der Waals surface area contributed by atoms with E-state index in [2.05, 4.69) is 23.2 Å². The van der Waals surface area contributed by atoms with Crippen molar-refractivity contribution in [3.63, 3.8) is 0 Å². The number of alkyl halides is 3. The van der Waals surface area contributed by atoms with E-state index < -0.39 is 17.7 Å². The molecule has 1 saturated heterocycles. The van der Waals surface area contributed by atoms with Crippen molar-refractivity contribution in [1.29, 1.82) is 0 Å². The van der Waals surface area contributed by atoms with E-state index in [1.54, 1.807) is 10.9 Å². The Morgan fingerprint density at radius 2 is 1.81 bits per heavy atom. The van der Waals surface area contributed by atoms with Crippen LogP contribution in [0.4, 0.5) is 13.2 Å². The van der Waals surface area contributed by atoms with E-state index in [0.717, 1.165) is 40.1 Å². The van der Waals surface area contributed by atoms with Gasteiger partial charge in [-0.15, -0.1) is 0 Å². The zero-order valence-electron chi connectivity index (χ0n) is 20.7. The number of hydrogen-bond acceptors (Lipinski definition) is 3. The molecule has 2 aromatic carbocycles. The topological polar surface area (TPSA) is 58.4 Å². The van der Waals surface area contributed by atoms with Crippen molar-refractivity contribution in [3.05, 3.63) is 108 Å². The molecule has 1 aliphatic heterocycles. The van der Waals surface area contributed by atoms with E-state index in [0.29, 0.717) is 19.4 Å². The highest BCUT2D eigenvalue weighted by Gasteiger charge is 2.37. The maximum atomic E-state index is 13.2. The molecule has 0 spiro atoms. The fraction of sp³-hybridized carbons (Fsp3) is 0.310. The molecular weight excluding hydrogens is 479 g/mol. The molecule has 3 atom stereocenters. The van der Waals surface area contributed by atoms with Crippen LogP contribution in [0, 0.1) is 5.92 Å². The summed E-state index contributed by atoms with van der Waals surface area (Å²) in [5.41, 5.74) is 3.49. The summed E-state index contributed by atoms with van der Waals surface area (Å²) < 4.78 is 41.4. The van der Waals surface area contributed by atoms with E-state index >= 15 is 0 Å². The van der Waals surface area contributed by atoms with Gasteiger partial charge in [0, 0.05) is 24.9 Å². The standard InChI is InChI=1S/C29H30F3N3O2/c1-19(2)20(3)28(23-7-11-25(12-8-23)35-15-4-14-33-35)34-16-13-21(18-27(36)37)17-26(34)22-5-9-24(10-6-22)29(30,31)32/h4-12,14-15,21,26,28H,1,3,13,16-18H2,2H3,(H,36,37)/t21-,26+,28-/m1/s1. The molecule has 0 radical (unpaired) electrons. The summed E-state index contributed by atoms with van der Waals surface area (Å²) in [7, 11) is 0. The molecule has 3 aromatic rings. The Hall–Kier alpha value is -3.65. The summed E-state index contributed by atoms with van der Waals surface area (Å²) in [6, 6.07) is 14.4. The summed E-state index contributed by atoms with van der Waals surface area (Å²) in [5.74, 6) is -0.955. The third kappa shape index (κ3) is 6.02. The van der Waals surface area contributed by atoms with Crippen molar-refractivity contribution in [2.45, 2.75) is 44.4 Å². The van der Waals surface area contributed by atoms with Gasteiger partial charge < -0.3 is 5.11 Å². The van der Waals surface area contributed by atoms with Gasteiger partial charge in [0.05, 0.1) is 17.3 Å². The molecule has 2 heterocycles. The highest BCUT2D eigenvalue weighted by Crippen LogP contribution is 2.44. The number of piperidine rings is 1. The molecule has 1 aromatic heterocycles. The lowest BCUT2D eigenvalue weighted by Gasteiger charge is -2.45. The van der Waals surface area contributed by atoms with Crippen LogP contribution in [-0.4, -0.2) is 32.3 Å². The second-order valence-corrected chi connectivity index (χ2v) is 9.61. The number of carboxylic acid groups (broad SMARTS) is 1. The molecule has 1 fully saturated rings. The van der Waals surface area contributed by atoms with E-state index in [9.17, 15) is 23.1 Å². The largest absolute Gasteiger partial charge is 0.481 e. The Kier molecular flexibility index (Phi) is 7.68. The Bertz CT molecular complexity index is 1250. The van der Waals surface area contributed by atoms with Crippen LogP contribution in [0.25, 0.3) is 5.69 Å². The van der Waals surface area contributed by atoms with Crippen LogP contribution in [0.1, 0.15) is 55.0 Å². The predicted molar refractivity (Wildman–Crippen MR) is 136 cm³/mol. The predicted octanol–water partition coefficient (Wildman–Crippen LogP) is 6.99. The zero-order valence-corrected chi connectivity index (χ0v) is 20.7. The number of benzene rings is 2. The lowest BCUT2D eigenvalue weighted by atomic mass is 9.82. The lowest BCUT2D eigenvalue weighted by molar-refractivity contribution is -0.139. The summed E-state index contributed by atoms with van der Waals surface area (Å²) in [6.45, 7) is 10.9. The van der Waals surface area contributed by atoms with Gasteiger partial charge in [0.2, 0.25) is 0 Å². The van der Waals surface area contributed by atoms with Gasteiger partial charge in [-0.2, -0.15) is 18.3 Å². The monoisotopic (exact) mass is 509 g/mol. The molecule has 0 aliphatic carbocycles. The highest BCUT2D eigenvalue weighted by molar-refractivity contribution is 5.67. The quantitative estimate of drug-likeness (QED) is 0.333. The fourth-order valence-corrected chi connectivity index (χ4v) is 5.08. The van der Waals surface area contributed by atoms with Crippen LogP contribution >= 0.6 is 0 Å². The van der Waals surface area contributed by atoms with Crippen LogP contribution in [0.2, 0.25) is 0 Å². The highest BCUT2D eigenvalue weighted by atomic mass is 19.4. The van der Waals surface area contributed by atoms with Crippen molar-refractivity contribution in [2.24, 2.45) is 5.92 Å². The van der Waals surface area contributed by atoms with E-state index in [1.807, 2.05) is 43.5 Å². The molecule has 0 amide bonds. The Labute approximate surface area is 214 Å². The first-order chi connectivity index (χ1) is 17.5. The van der Waals surface area contributed by atoms with E-state index in [4.69, 9.17) is 0 Å². The molecule has 1 aliphatic rings. The van der Waals surface area contributed by atoms with Gasteiger partial charge in [-0.1, -0.05) is 43.0 Å². The number of likely N-dealkylation sites (tertiary alicyclic amines) is 1. The maximum Gasteiger partial charge on any atom is 0.416 e. The third-order valence-corrected chi connectivity index (χ3v) is 7.03. The number of aliphatic carboxylic acids is 1. The first-order valence-electron chi connectivity index (χ1n) is 12.1. The number of rotatable bonds is 8. The van der Waals surface area contributed by atoms with Crippen molar-refractivity contribution in [1.82, 2.24) is 14.7 Å². The number of carboxylic acids is 1. The van der Waals surface area contributed by atoms with Crippen molar-refractivity contribution in [3.8, 4) is 5.69 Å². The minimum absolute atomic E-state index is 0.0235. The maximum absolute atomic E-state index is 13.2. The Morgan fingerprint density at radius 3 is 2.35 bits per heavy atom. The van der Waals surface area contributed by atoms with E-state index in [1.165, 1.54) is 12.1 Å². The second-order valence-electron chi connectivity index (χ2n) is 9.61. The molecule has 8 heteroatoms. The summed E-state index contributed by atoms with van der Waals surface area (Å²) in [4.78, 5) is 13.7. The third-order valence-electron chi connectivity index (χ3n) is 7.03. The molecule has 5 nitrogen and oxygen atoms in total. The average Bonchev–Trinajstić information content (AvgIpc) is 3.39. The van der Waals surface area contributed by atoms with Crippen molar-refractivity contribution < 1.29 is 23.1 Å². The molecular formula is C29H30F3N3O2. The van der Waals surface area contributed by atoms with E-state index in [-0.39, 0.29) is 24.4 Å². The Morgan fingerprint density at radius 1 is 1.14 bits per heavy atom. The minimum Gasteiger partial charge on any atom is -0.481 e. The number of nitrogens with zero attached hydrogens (tertiary/aromatic N) is 3. The van der Waals surface area contributed by atoms with Crippen LogP contribution < -0.4 is 0 Å². The Balaban J connectivity index is 1.73. The molecule has 0 unspecified atom stereocenters. The van der Waals surface area contributed by atoms with Crippen LogP contribution in [0.5, 0.6) is 0 Å². The molecule has 194 valence electrons. The normalized spacial score (nSPS) is 19.4. The second kappa shape index (κ2) is 10.8. The molecule has 37 heavy (non-hydrogen) atoms. The van der Waals surface area contributed by atoms with Crippen molar-refractivity contribution >= 4 is 5.97 Å². The summed E-state index contributed by atoms with van der Waals surface area (Å²) in [5, 5.41) is 13.7. The average molecular weight is 510 g/mol. The van der Waals surface area contributed by atoms with Crippen LogP contribution in [-0.2, 0) is 11.0 Å². The van der Waals surface area contributed by atoms with Gasteiger partial charge >= 0.3 is 12.1 Å².